The van der Waals surface area contributed by atoms with Gasteiger partial charge in [0.1, 0.15) is 5.76 Å². The fourth-order valence-electron chi connectivity index (χ4n) is 4.64. The molecule has 1 amide bonds. The molecule has 0 unspecified atom stereocenters. The predicted octanol–water partition coefficient (Wildman–Crippen LogP) is 5.23. The normalized spacial score (nSPS) is 11.8. The maximum absolute atomic E-state index is 13.2. The lowest BCUT2D eigenvalue weighted by atomic mass is 9.88. The zero-order valence-electron chi connectivity index (χ0n) is 21.4. The first kappa shape index (κ1) is 26.5. The van der Waals surface area contributed by atoms with Crippen LogP contribution in [-0.4, -0.2) is 29.8 Å². The second kappa shape index (κ2) is 12.1. The van der Waals surface area contributed by atoms with Gasteiger partial charge < -0.3 is 24.7 Å². The zero-order valence-corrected chi connectivity index (χ0v) is 21.4. The largest absolute Gasteiger partial charge is 0.504 e. The maximum Gasteiger partial charge on any atom is 0.227 e. The Morgan fingerprint density at radius 2 is 1.53 bits per heavy atom. The monoisotopic (exact) mass is 513 g/mol. The molecule has 1 atom stereocenters. The van der Waals surface area contributed by atoms with Gasteiger partial charge in [-0.1, -0.05) is 66.7 Å². The molecule has 1 heterocycles. The number of amides is 1. The van der Waals surface area contributed by atoms with Crippen LogP contribution < -0.4 is 15.5 Å². The molecule has 0 spiro atoms. The number of hydrogen-bond acceptors (Lipinski definition) is 6. The van der Waals surface area contributed by atoms with E-state index in [0.717, 1.165) is 11.1 Å². The van der Waals surface area contributed by atoms with E-state index < -0.39 is 17.1 Å². The first-order valence-electron chi connectivity index (χ1n) is 12.4. The Hall–Kier alpha value is -4.52. The summed E-state index contributed by atoms with van der Waals surface area (Å²) in [4.78, 5) is 25.5. The highest BCUT2D eigenvalue weighted by molar-refractivity contribution is 5.77. The van der Waals surface area contributed by atoms with E-state index in [1.165, 1.54) is 19.2 Å². The highest BCUT2D eigenvalue weighted by Crippen LogP contribution is 2.37. The number of nitrogens with one attached hydrogen (secondary N) is 1. The summed E-state index contributed by atoms with van der Waals surface area (Å²) in [6, 6.07) is 26.1. The highest BCUT2D eigenvalue weighted by atomic mass is 16.5. The summed E-state index contributed by atoms with van der Waals surface area (Å²) in [6.07, 6.45) is 0.595. The molecule has 0 bridgehead atoms. The van der Waals surface area contributed by atoms with Crippen molar-refractivity contribution in [2.24, 2.45) is 0 Å². The Morgan fingerprint density at radius 1 is 0.895 bits per heavy atom. The number of phenolic OH excluding ortho intramolecular Hbond substituents is 1. The molecule has 0 aliphatic heterocycles. The van der Waals surface area contributed by atoms with Crippen LogP contribution >= 0.6 is 0 Å². The average Bonchev–Trinajstić information content (AvgIpc) is 2.93. The minimum Gasteiger partial charge on any atom is -0.504 e. The molecule has 7 heteroatoms. The number of carbonyl (C=O) groups is 1. The van der Waals surface area contributed by atoms with Gasteiger partial charge in [-0.3, -0.25) is 9.59 Å². The van der Waals surface area contributed by atoms with E-state index in [4.69, 9.17) is 9.15 Å². The van der Waals surface area contributed by atoms with Gasteiger partial charge in [-0.05, 0) is 42.2 Å². The molecular formula is C31H31NO6. The third-order valence-electron chi connectivity index (χ3n) is 6.54. The number of aromatic hydroxyl groups is 2. The molecule has 1 aromatic heterocycles. The van der Waals surface area contributed by atoms with Crippen molar-refractivity contribution in [2.75, 3.05) is 13.7 Å². The lowest BCUT2D eigenvalue weighted by Crippen LogP contribution is -2.28. The van der Waals surface area contributed by atoms with Gasteiger partial charge in [-0.2, -0.15) is 0 Å². The number of methoxy groups -OCH3 is 1. The Balaban J connectivity index is 1.55. The standard InChI is InChI=1S/C31H31NO6/c1-20-17-27(34)30(36)31(38-20)25(23-13-14-26(33)28(18-23)37-2)19-29(35)32-16-15-24(21-9-5-3-6-10-21)22-11-7-4-8-12-22/h3-14,17-18,24-25,33,36H,15-16,19H2,1-2H3,(H,32,35)/t25-/m0/s1. The second-order valence-electron chi connectivity index (χ2n) is 9.13. The van der Waals surface area contributed by atoms with Crippen molar-refractivity contribution in [1.29, 1.82) is 0 Å². The summed E-state index contributed by atoms with van der Waals surface area (Å²) in [5, 5.41) is 23.6. The minimum atomic E-state index is -0.781. The topological polar surface area (TPSA) is 109 Å². The van der Waals surface area contributed by atoms with Crippen molar-refractivity contribution in [3.63, 3.8) is 0 Å². The van der Waals surface area contributed by atoms with Gasteiger partial charge in [0, 0.05) is 24.9 Å². The molecule has 3 aromatic carbocycles. The zero-order chi connectivity index (χ0) is 27.1. The van der Waals surface area contributed by atoms with Crippen molar-refractivity contribution < 1.29 is 24.2 Å². The Kier molecular flexibility index (Phi) is 8.48. The van der Waals surface area contributed by atoms with E-state index in [9.17, 15) is 19.8 Å². The lowest BCUT2D eigenvalue weighted by Gasteiger charge is -2.20. The van der Waals surface area contributed by atoms with E-state index in [1.54, 1.807) is 19.1 Å². The van der Waals surface area contributed by atoms with Crippen LogP contribution in [0.1, 0.15) is 52.9 Å². The third-order valence-corrected chi connectivity index (χ3v) is 6.54. The summed E-state index contributed by atoms with van der Waals surface area (Å²) in [7, 11) is 1.42. The van der Waals surface area contributed by atoms with Gasteiger partial charge in [0.15, 0.2) is 17.3 Å². The van der Waals surface area contributed by atoms with Crippen LogP contribution in [0.25, 0.3) is 0 Å². The molecule has 3 N–H and O–H groups in total. The molecule has 4 aromatic rings. The van der Waals surface area contributed by atoms with Crippen molar-refractivity contribution in [3.05, 3.63) is 123 Å². The first-order chi connectivity index (χ1) is 18.4. The molecule has 0 fully saturated rings. The van der Waals surface area contributed by atoms with Crippen LogP contribution in [0.4, 0.5) is 0 Å². The molecule has 0 aliphatic carbocycles. The minimum absolute atomic E-state index is 0.00987. The van der Waals surface area contributed by atoms with Gasteiger partial charge in [0.2, 0.25) is 17.1 Å². The van der Waals surface area contributed by atoms with Gasteiger partial charge in [0.25, 0.3) is 0 Å². The molecule has 38 heavy (non-hydrogen) atoms. The van der Waals surface area contributed by atoms with Crippen LogP contribution in [0, 0.1) is 6.92 Å². The molecule has 4 rings (SSSR count). The predicted molar refractivity (Wildman–Crippen MR) is 145 cm³/mol. The summed E-state index contributed by atoms with van der Waals surface area (Å²) in [5.74, 6) is -1.06. The molecule has 196 valence electrons. The number of rotatable bonds is 10. The summed E-state index contributed by atoms with van der Waals surface area (Å²) < 4.78 is 11.0. The summed E-state index contributed by atoms with van der Waals surface area (Å²) >= 11 is 0. The van der Waals surface area contributed by atoms with Crippen molar-refractivity contribution in [1.82, 2.24) is 5.32 Å². The molecule has 0 saturated heterocycles. The van der Waals surface area contributed by atoms with Crippen LogP contribution in [0.5, 0.6) is 17.2 Å². The Bertz CT molecular complexity index is 1390. The second-order valence-corrected chi connectivity index (χ2v) is 9.13. The summed E-state index contributed by atoms with van der Waals surface area (Å²) in [6.45, 7) is 2.02. The molecule has 0 aliphatic rings. The summed E-state index contributed by atoms with van der Waals surface area (Å²) in [5.41, 5.74) is 2.28. The highest BCUT2D eigenvalue weighted by Gasteiger charge is 2.27. The molecule has 0 saturated carbocycles. The van der Waals surface area contributed by atoms with Gasteiger partial charge >= 0.3 is 0 Å². The molecular weight excluding hydrogens is 482 g/mol. The smallest absolute Gasteiger partial charge is 0.227 e. The average molecular weight is 514 g/mol. The van der Waals surface area contributed by atoms with Gasteiger partial charge in [-0.15, -0.1) is 0 Å². The molecule has 0 radical (unpaired) electrons. The maximum atomic E-state index is 13.2. The SMILES string of the molecule is COc1cc([C@H](CC(=O)NCCC(c2ccccc2)c2ccccc2)c2oc(C)cc(=O)c2O)ccc1O. The quantitative estimate of drug-likeness (QED) is 0.268. The fraction of sp³-hybridized carbons (Fsp3) is 0.226. The third kappa shape index (κ3) is 6.24. The van der Waals surface area contributed by atoms with Crippen molar-refractivity contribution in [2.45, 2.75) is 31.6 Å². The first-order valence-corrected chi connectivity index (χ1v) is 12.4. The number of ether oxygens (including phenoxy) is 1. The van der Waals surface area contributed by atoms with E-state index in [-0.39, 0.29) is 35.5 Å². The Morgan fingerprint density at radius 3 is 2.13 bits per heavy atom. The van der Waals surface area contributed by atoms with E-state index in [2.05, 4.69) is 29.6 Å². The van der Waals surface area contributed by atoms with E-state index in [0.29, 0.717) is 24.3 Å². The van der Waals surface area contributed by atoms with Crippen LogP contribution in [0.15, 0.2) is 94.1 Å². The van der Waals surface area contributed by atoms with Crippen LogP contribution in [0.2, 0.25) is 0 Å². The van der Waals surface area contributed by atoms with Crippen molar-refractivity contribution in [3.8, 4) is 17.2 Å². The number of hydrogen-bond donors (Lipinski definition) is 3. The fourth-order valence-corrected chi connectivity index (χ4v) is 4.64. The van der Waals surface area contributed by atoms with Gasteiger partial charge in [0.05, 0.1) is 13.0 Å². The van der Waals surface area contributed by atoms with Crippen LogP contribution in [-0.2, 0) is 4.79 Å². The van der Waals surface area contributed by atoms with E-state index >= 15 is 0 Å². The number of phenols is 1. The Labute approximate surface area is 221 Å². The number of carbonyl (C=O) groups excluding carboxylic acids is 1. The lowest BCUT2D eigenvalue weighted by molar-refractivity contribution is -0.121. The van der Waals surface area contributed by atoms with Crippen LogP contribution in [0.3, 0.4) is 0 Å². The number of benzene rings is 3. The van der Waals surface area contributed by atoms with Gasteiger partial charge in [-0.25, -0.2) is 0 Å². The molecule has 7 nitrogen and oxygen atoms in total. The van der Waals surface area contributed by atoms with E-state index in [1.807, 2.05) is 36.4 Å². The number of aryl methyl sites for hydroxylation is 1. The van der Waals surface area contributed by atoms with Crippen molar-refractivity contribution >= 4 is 5.91 Å².